The Kier molecular flexibility index (Phi) is 6.18. The molecule has 1 aliphatic rings. The van der Waals surface area contributed by atoms with E-state index in [2.05, 4.69) is 15.8 Å². The van der Waals surface area contributed by atoms with Crippen molar-refractivity contribution in [1.82, 2.24) is 5.43 Å². The molecule has 3 aromatic carbocycles. The smallest absolute Gasteiger partial charge is 0.338 e. The number of amides is 1. The average Bonchev–Trinajstić information content (AvgIpc) is 3.30. The number of carbonyl (C=O) groups is 2. The van der Waals surface area contributed by atoms with E-state index >= 15 is 0 Å². The van der Waals surface area contributed by atoms with Crippen molar-refractivity contribution in [3.63, 3.8) is 0 Å². The van der Waals surface area contributed by atoms with Gasteiger partial charge in [0.25, 0.3) is 5.91 Å². The largest absolute Gasteiger partial charge is 0.465 e. The van der Waals surface area contributed by atoms with E-state index in [1.54, 1.807) is 54.6 Å². The van der Waals surface area contributed by atoms with Gasteiger partial charge < -0.3 is 15.5 Å². The minimum Gasteiger partial charge on any atom is -0.465 e. The number of rotatable bonds is 5. The van der Waals surface area contributed by atoms with E-state index in [-0.39, 0.29) is 17.6 Å². The van der Waals surface area contributed by atoms with Gasteiger partial charge >= 0.3 is 5.97 Å². The number of hydrogen-bond donors (Lipinski definition) is 2. The fraction of sp³-hybridized carbons (Fsp3) is 0.125. The summed E-state index contributed by atoms with van der Waals surface area (Å²) in [6.45, 7) is 0.416. The van der Waals surface area contributed by atoms with Crippen LogP contribution in [0, 0.1) is 5.82 Å². The van der Waals surface area contributed by atoms with Gasteiger partial charge in [-0.05, 0) is 65.7 Å². The number of methoxy groups -OCH3 is 1. The maximum atomic E-state index is 13.4. The van der Waals surface area contributed by atoms with Gasteiger partial charge in [-0.25, -0.2) is 9.18 Å². The molecule has 0 saturated carbocycles. The van der Waals surface area contributed by atoms with E-state index in [1.165, 1.54) is 19.2 Å². The number of anilines is 1. The Hall–Kier alpha value is -3.71. The van der Waals surface area contributed by atoms with Crippen LogP contribution in [0.15, 0.2) is 71.8 Å². The predicted molar refractivity (Wildman–Crippen MR) is 121 cm³/mol. The van der Waals surface area contributed by atoms with Crippen LogP contribution in [0.25, 0.3) is 0 Å². The summed E-state index contributed by atoms with van der Waals surface area (Å²) in [5.74, 6) is -1.54. The van der Waals surface area contributed by atoms with Crippen LogP contribution in [0.3, 0.4) is 0 Å². The molecule has 1 aliphatic heterocycles. The van der Waals surface area contributed by atoms with Crippen LogP contribution in [0.5, 0.6) is 0 Å². The standard InChI is InChI=1S/C24H19ClFN3O3/c1-32-24(31)19-11-4-15(23(30)28-18-9-5-16(25)6-10-18)12-20(19)21-13-27-29-22(21)14-2-7-17(26)8-3-14/h2-12,21,27H,13H2,1H3,(H,28,30). The van der Waals surface area contributed by atoms with Crippen LogP contribution in [-0.2, 0) is 4.74 Å². The van der Waals surface area contributed by atoms with Gasteiger partial charge in [-0.2, -0.15) is 5.10 Å². The monoisotopic (exact) mass is 451 g/mol. The first kappa shape index (κ1) is 21.5. The molecule has 6 nitrogen and oxygen atoms in total. The normalized spacial score (nSPS) is 15.0. The van der Waals surface area contributed by atoms with Crippen LogP contribution >= 0.6 is 11.6 Å². The van der Waals surface area contributed by atoms with Gasteiger partial charge in [-0.15, -0.1) is 0 Å². The van der Waals surface area contributed by atoms with Crippen LogP contribution in [0.4, 0.5) is 10.1 Å². The van der Waals surface area contributed by atoms with Crippen LogP contribution in [0.1, 0.15) is 37.8 Å². The molecule has 1 unspecified atom stereocenters. The number of esters is 1. The summed E-state index contributed by atoms with van der Waals surface area (Å²) in [5, 5.41) is 7.73. The van der Waals surface area contributed by atoms with E-state index in [1.807, 2.05) is 0 Å². The number of benzene rings is 3. The molecule has 3 aromatic rings. The number of hydrogen-bond acceptors (Lipinski definition) is 5. The molecule has 4 rings (SSSR count). The topological polar surface area (TPSA) is 79.8 Å². The minimum absolute atomic E-state index is 0.332. The highest BCUT2D eigenvalue weighted by molar-refractivity contribution is 6.30. The third kappa shape index (κ3) is 4.48. The fourth-order valence-electron chi connectivity index (χ4n) is 3.56. The third-order valence-electron chi connectivity index (χ3n) is 5.16. The third-order valence-corrected chi connectivity index (χ3v) is 5.41. The van der Waals surface area contributed by atoms with Gasteiger partial charge in [0, 0.05) is 28.7 Å². The number of nitrogens with one attached hydrogen (secondary N) is 2. The molecule has 1 atom stereocenters. The summed E-state index contributed by atoms with van der Waals surface area (Å²) in [7, 11) is 1.30. The number of ether oxygens (including phenoxy) is 1. The van der Waals surface area contributed by atoms with Crippen molar-refractivity contribution >= 4 is 34.9 Å². The summed E-state index contributed by atoms with van der Waals surface area (Å²) in [6, 6.07) is 17.5. The highest BCUT2D eigenvalue weighted by Gasteiger charge is 2.29. The minimum atomic E-state index is -0.519. The zero-order valence-electron chi connectivity index (χ0n) is 17.1. The molecule has 0 aromatic heterocycles. The van der Waals surface area contributed by atoms with Crippen LogP contribution < -0.4 is 10.7 Å². The molecule has 0 radical (unpaired) electrons. The zero-order valence-corrected chi connectivity index (χ0v) is 17.8. The van der Waals surface area contributed by atoms with Gasteiger partial charge in [0.15, 0.2) is 0 Å². The van der Waals surface area contributed by atoms with E-state index in [0.717, 1.165) is 0 Å². The number of hydrazone groups is 1. The first-order valence-electron chi connectivity index (χ1n) is 9.82. The van der Waals surface area contributed by atoms with Crippen LogP contribution in [0.2, 0.25) is 5.02 Å². The molecule has 1 amide bonds. The Bertz CT molecular complexity index is 1190. The number of nitrogens with zero attached hydrogens (tertiary/aromatic N) is 1. The summed E-state index contributed by atoms with van der Waals surface area (Å²) in [5.41, 5.74) is 6.18. The van der Waals surface area contributed by atoms with Crippen molar-refractivity contribution in [3.05, 3.63) is 99.8 Å². The maximum absolute atomic E-state index is 13.4. The van der Waals surface area contributed by atoms with E-state index < -0.39 is 5.97 Å². The highest BCUT2D eigenvalue weighted by Crippen LogP contribution is 2.29. The Morgan fingerprint density at radius 2 is 1.81 bits per heavy atom. The quantitative estimate of drug-likeness (QED) is 0.555. The van der Waals surface area contributed by atoms with E-state index in [0.29, 0.717) is 45.2 Å². The molecule has 1 heterocycles. The van der Waals surface area contributed by atoms with Gasteiger partial charge in [0.05, 0.1) is 18.4 Å². The molecule has 162 valence electrons. The lowest BCUT2D eigenvalue weighted by molar-refractivity contribution is 0.0599. The summed E-state index contributed by atoms with van der Waals surface area (Å²) in [4.78, 5) is 25.3. The molecule has 2 N–H and O–H groups in total. The van der Waals surface area contributed by atoms with Crippen LogP contribution in [-0.4, -0.2) is 31.2 Å². The molecular formula is C24H19ClFN3O3. The van der Waals surface area contributed by atoms with Gasteiger partial charge in [0.1, 0.15) is 5.82 Å². The predicted octanol–water partition coefficient (Wildman–Crippen LogP) is 4.61. The second kappa shape index (κ2) is 9.20. The van der Waals surface area contributed by atoms with Gasteiger partial charge in [-0.3, -0.25) is 4.79 Å². The fourth-order valence-corrected chi connectivity index (χ4v) is 3.69. The lowest BCUT2D eigenvalue weighted by Gasteiger charge is -2.17. The van der Waals surface area contributed by atoms with E-state index in [4.69, 9.17) is 16.3 Å². The second-order valence-corrected chi connectivity index (χ2v) is 7.61. The van der Waals surface area contributed by atoms with Crippen molar-refractivity contribution in [2.75, 3.05) is 19.0 Å². The van der Waals surface area contributed by atoms with Crippen molar-refractivity contribution < 1.29 is 18.7 Å². The first-order chi connectivity index (χ1) is 15.5. The first-order valence-corrected chi connectivity index (χ1v) is 10.2. The lowest BCUT2D eigenvalue weighted by Crippen LogP contribution is -2.20. The molecular weight excluding hydrogens is 433 g/mol. The Morgan fingerprint density at radius 1 is 1.09 bits per heavy atom. The number of halogens is 2. The van der Waals surface area contributed by atoms with Crippen molar-refractivity contribution in [3.8, 4) is 0 Å². The molecule has 0 saturated heterocycles. The molecule has 0 fully saturated rings. The average molecular weight is 452 g/mol. The lowest BCUT2D eigenvalue weighted by atomic mass is 9.86. The second-order valence-electron chi connectivity index (χ2n) is 7.17. The number of carbonyl (C=O) groups excluding carboxylic acids is 2. The Morgan fingerprint density at radius 3 is 2.50 bits per heavy atom. The van der Waals surface area contributed by atoms with Crippen molar-refractivity contribution in [2.24, 2.45) is 5.10 Å². The van der Waals surface area contributed by atoms with Gasteiger partial charge in [-0.1, -0.05) is 23.7 Å². The van der Waals surface area contributed by atoms with Crippen molar-refractivity contribution in [2.45, 2.75) is 5.92 Å². The maximum Gasteiger partial charge on any atom is 0.338 e. The van der Waals surface area contributed by atoms with Gasteiger partial charge in [0.2, 0.25) is 0 Å². The summed E-state index contributed by atoms with van der Waals surface area (Å²) < 4.78 is 18.3. The molecule has 32 heavy (non-hydrogen) atoms. The molecule has 0 spiro atoms. The summed E-state index contributed by atoms with van der Waals surface area (Å²) in [6.07, 6.45) is 0. The Balaban J connectivity index is 1.70. The highest BCUT2D eigenvalue weighted by atomic mass is 35.5. The van der Waals surface area contributed by atoms with E-state index in [9.17, 15) is 14.0 Å². The molecule has 0 aliphatic carbocycles. The SMILES string of the molecule is COC(=O)c1ccc(C(=O)Nc2ccc(Cl)cc2)cc1C1CNN=C1c1ccc(F)cc1. The summed E-state index contributed by atoms with van der Waals surface area (Å²) >= 11 is 5.90. The van der Waals surface area contributed by atoms with Crippen molar-refractivity contribution in [1.29, 1.82) is 0 Å². The Labute approximate surface area is 189 Å². The molecule has 8 heteroatoms. The zero-order chi connectivity index (χ0) is 22.7. The molecule has 0 bridgehead atoms.